The second-order valence-corrected chi connectivity index (χ2v) is 7.53. The summed E-state index contributed by atoms with van der Waals surface area (Å²) in [5.41, 5.74) is 0.259. The molecule has 1 spiro atoms. The molecule has 0 radical (unpaired) electrons. The molecule has 1 saturated carbocycles. The third-order valence-corrected chi connectivity index (χ3v) is 5.88. The molecule has 3 nitrogen and oxygen atoms in total. The third-order valence-electron chi connectivity index (χ3n) is 5.88. The summed E-state index contributed by atoms with van der Waals surface area (Å²) in [7, 11) is 0. The van der Waals surface area contributed by atoms with Gasteiger partial charge in [-0.2, -0.15) is 0 Å². The molecular formula is C18H34N2O. The Balaban J connectivity index is 1.59. The molecule has 0 aromatic rings. The van der Waals surface area contributed by atoms with E-state index in [-0.39, 0.29) is 5.60 Å². The van der Waals surface area contributed by atoms with Crippen molar-refractivity contribution in [2.75, 3.05) is 26.2 Å². The Labute approximate surface area is 130 Å². The van der Waals surface area contributed by atoms with Crippen LogP contribution in [0.15, 0.2) is 0 Å². The third kappa shape index (κ3) is 4.00. The first-order valence-corrected chi connectivity index (χ1v) is 9.43. The van der Waals surface area contributed by atoms with Crippen LogP contribution >= 0.6 is 0 Å². The van der Waals surface area contributed by atoms with Crippen molar-refractivity contribution in [3.05, 3.63) is 0 Å². The van der Waals surface area contributed by atoms with Crippen LogP contribution in [0.4, 0.5) is 0 Å². The quantitative estimate of drug-likeness (QED) is 0.842. The average molecular weight is 294 g/mol. The molecule has 3 fully saturated rings. The van der Waals surface area contributed by atoms with Gasteiger partial charge in [-0.25, -0.2) is 0 Å². The van der Waals surface area contributed by atoms with Crippen molar-refractivity contribution in [2.24, 2.45) is 0 Å². The van der Waals surface area contributed by atoms with Gasteiger partial charge in [-0.15, -0.1) is 0 Å². The fourth-order valence-corrected chi connectivity index (χ4v) is 4.75. The van der Waals surface area contributed by atoms with Crippen LogP contribution < -0.4 is 5.32 Å². The van der Waals surface area contributed by atoms with Crippen molar-refractivity contribution in [3.8, 4) is 0 Å². The molecule has 2 atom stereocenters. The maximum absolute atomic E-state index is 6.23. The Bertz CT molecular complexity index is 308. The molecule has 0 bridgehead atoms. The number of nitrogens with zero attached hydrogens (tertiary/aromatic N) is 1. The lowest BCUT2D eigenvalue weighted by molar-refractivity contribution is -0.103. The van der Waals surface area contributed by atoms with Gasteiger partial charge in [0.15, 0.2) is 0 Å². The monoisotopic (exact) mass is 294 g/mol. The maximum atomic E-state index is 6.23. The van der Waals surface area contributed by atoms with Gasteiger partial charge in [0.2, 0.25) is 0 Å². The van der Waals surface area contributed by atoms with E-state index >= 15 is 0 Å². The molecular weight excluding hydrogens is 260 g/mol. The summed E-state index contributed by atoms with van der Waals surface area (Å²) in [6, 6.07) is 1.49. The second-order valence-electron chi connectivity index (χ2n) is 7.53. The smallest absolute Gasteiger partial charge is 0.0697 e. The van der Waals surface area contributed by atoms with E-state index in [0.29, 0.717) is 0 Å². The average Bonchev–Trinajstić information content (AvgIpc) is 2.96. The molecule has 0 aromatic carbocycles. The Kier molecular flexibility index (Phi) is 5.58. The minimum absolute atomic E-state index is 0.259. The number of hydrogen-bond acceptors (Lipinski definition) is 3. The zero-order valence-corrected chi connectivity index (χ0v) is 13.9. The summed E-state index contributed by atoms with van der Waals surface area (Å²) >= 11 is 0. The first kappa shape index (κ1) is 15.8. The van der Waals surface area contributed by atoms with Crippen LogP contribution in [-0.2, 0) is 4.74 Å². The normalized spacial score (nSPS) is 32.9. The summed E-state index contributed by atoms with van der Waals surface area (Å²) in [6.07, 6.45) is 13.3. The van der Waals surface area contributed by atoms with E-state index in [1.165, 1.54) is 83.8 Å². The van der Waals surface area contributed by atoms with Crippen LogP contribution in [0.1, 0.15) is 71.1 Å². The van der Waals surface area contributed by atoms with Crippen molar-refractivity contribution in [1.82, 2.24) is 10.2 Å². The van der Waals surface area contributed by atoms with Crippen molar-refractivity contribution in [3.63, 3.8) is 0 Å². The molecule has 21 heavy (non-hydrogen) atoms. The summed E-state index contributed by atoms with van der Waals surface area (Å²) in [4.78, 5) is 2.80. The predicted molar refractivity (Wildman–Crippen MR) is 87.7 cm³/mol. The van der Waals surface area contributed by atoms with Crippen molar-refractivity contribution in [2.45, 2.75) is 88.8 Å². The molecule has 2 aliphatic heterocycles. The predicted octanol–water partition coefficient (Wildman–Crippen LogP) is 3.33. The minimum Gasteiger partial charge on any atom is -0.375 e. The van der Waals surface area contributed by atoms with Crippen LogP contribution in [-0.4, -0.2) is 48.8 Å². The highest BCUT2D eigenvalue weighted by atomic mass is 16.5. The largest absolute Gasteiger partial charge is 0.375 e. The molecule has 3 heteroatoms. The minimum atomic E-state index is 0.259. The fraction of sp³-hybridized carbons (Fsp3) is 1.00. The summed E-state index contributed by atoms with van der Waals surface area (Å²) in [5.74, 6) is 0. The number of nitrogens with one attached hydrogen (secondary N) is 1. The van der Waals surface area contributed by atoms with Crippen LogP contribution in [0.5, 0.6) is 0 Å². The van der Waals surface area contributed by atoms with E-state index in [1.807, 2.05) is 0 Å². The summed E-state index contributed by atoms with van der Waals surface area (Å²) < 4.78 is 6.23. The van der Waals surface area contributed by atoms with E-state index in [0.717, 1.165) is 18.7 Å². The number of piperidine rings is 1. The molecule has 0 amide bonds. The fourth-order valence-electron chi connectivity index (χ4n) is 4.75. The second kappa shape index (κ2) is 7.43. The van der Waals surface area contributed by atoms with E-state index in [9.17, 15) is 0 Å². The molecule has 0 aromatic heterocycles. The van der Waals surface area contributed by atoms with Gasteiger partial charge in [0.05, 0.1) is 5.60 Å². The lowest BCUT2D eigenvalue weighted by Crippen LogP contribution is -2.52. The van der Waals surface area contributed by atoms with E-state index in [2.05, 4.69) is 17.1 Å². The summed E-state index contributed by atoms with van der Waals surface area (Å²) in [6.45, 7) is 7.06. The van der Waals surface area contributed by atoms with E-state index < -0.39 is 0 Å². The molecule has 3 aliphatic rings. The number of rotatable bonds is 5. The Hall–Kier alpha value is -0.120. The Morgan fingerprint density at radius 3 is 2.71 bits per heavy atom. The van der Waals surface area contributed by atoms with Gasteiger partial charge in [0, 0.05) is 25.2 Å². The molecule has 3 rings (SSSR count). The van der Waals surface area contributed by atoms with Gasteiger partial charge >= 0.3 is 0 Å². The molecule has 2 saturated heterocycles. The van der Waals surface area contributed by atoms with Gasteiger partial charge in [-0.05, 0) is 58.0 Å². The zero-order chi connectivity index (χ0) is 14.5. The van der Waals surface area contributed by atoms with Crippen molar-refractivity contribution < 1.29 is 4.74 Å². The van der Waals surface area contributed by atoms with Crippen LogP contribution in [0.3, 0.4) is 0 Å². The van der Waals surface area contributed by atoms with Crippen molar-refractivity contribution in [1.29, 1.82) is 0 Å². The summed E-state index contributed by atoms with van der Waals surface area (Å²) in [5, 5.41) is 3.74. The highest BCUT2D eigenvalue weighted by Gasteiger charge is 2.41. The zero-order valence-electron chi connectivity index (χ0n) is 13.9. The number of ether oxygens (including phenoxy) is 1. The SMILES string of the molecule is CCCN(CC1CCCCN1)C1CCOC2(CCCC2)C1. The molecule has 122 valence electrons. The van der Waals surface area contributed by atoms with Crippen LogP contribution in [0, 0.1) is 0 Å². The molecule has 2 heterocycles. The Morgan fingerprint density at radius 2 is 2.00 bits per heavy atom. The molecule has 1 aliphatic carbocycles. The highest BCUT2D eigenvalue weighted by molar-refractivity contribution is 4.95. The van der Waals surface area contributed by atoms with Gasteiger partial charge in [0.1, 0.15) is 0 Å². The van der Waals surface area contributed by atoms with E-state index in [1.54, 1.807) is 0 Å². The highest BCUT2D eigenvalue weighted by Crippen LogP contribution is 2.41. The molecule has 2 unspecified atom stereocenters. The van der Waals surface area contributed by atoms with Gasteiger partial charge in [-0.1, -0.05) is 26.2 Å². The number of hydrogen-bond donors (Lipinski definition) is 1. The van der Waals surface area contributed by atoms with Gasteiger partial charge < -0.3 is 10.1 Å². The first-order valence-electron chi connectivity index (χ1n) is 9.43. The topological polar surface area (TPSA) is 24.5 Å². The first-order chi connectivity index (χ1) is 10.3. The maximum Gasteiger partial charge on any atom is 0.0697 e. The van der Waals surface area contributed by atoms with Crippen molar-refractivity contribution >= 4 is 0 Å². The van der Waals surface area contributed by atoms with Crippen LogP contribution in [0.2, 0.25) is 0 Å². The van der Waals surface area contributed by atoms with Gasteiger partial charge in [-0.3, -0.25) is 4.90 Å². The lowest BCUT2D eigenvalue weighted by Gasteiger charge is -2.44. The van der Waals surface area contributed by atoms with E-state index in [4.69, 9.17) is 4.74 Å². The standard InChI is InChI=1S/C18H34N2O/c1-2-12-20(15-16-7-3-6-11-19-16)17-8-13-21-18(14-17)9-4-5-10-18/h16-17,19H,2-15H2,1H3. The van der Waals surface area contributed by atoms with Gasteiger partial charge in [0.25, 0.3) is 0 Å². The Morgan fingerprint density at radius 1 is 1.14 bits per heavy atom. The lowest BCUT2D eigenvalue weighted by atomic mass is 9.87. The molecule has 1 N–H and O–H groups in total. The van der Waals surface area contributed by atoms with Crippen LogP contribution in [0.25, 0.3) is 0 Å².